The van der Waals surface area contributed by atoms with Gasteiger partial charge in [0.25, 0.3) is 5.91 Å². The fourth-order valence-electron chi connectivity index (χ4n) is 4.48. The Morgan fingerprint density at radius 3 is 2.29 bits per heavy atom. The molecular weight excluding hydrogens is 544 g/mol. The third kappa shape index (κ3) is 6.63. The maximum absolute atomic E-state index is 13.4. The molecule has 4 aromatic rings. The van der Waals surface area contributed by atoms with Crippen molar-refractivity contribution in [3.63, 3.8) is 0 Å². The highest BCUT2D eigenvalue weighted by Gasteiger charge is 2.29. The Hall–Kier alpha value is -4.50. The van der Waals surface area contributed by atoms with E-state index in [1.165, 1.54) is 0 Å². The zero-order valence-corrected chi connectivity index (χ0v) is 23.9. The van der Waals surface area contributed by atoms with E-state index in [9.17, 15) is 9.59 Å². The summed E-state index contributed by atoms with van der Waals surface area (Å²) in [5, 5.41) is 3.47. The Bertz CT molecular complexity index is 1530. The third-order valence-electron chi connectivity index (χ3n) is 6.88. The van der Waals surface area contributed by atoms with Crippen LogP contribution in [0.1, 0.15) is 23.2 Å². The predicted molar refractivity (Wildman–Crippen MR) is 157 cm³/mol. The average molecular weight is 575 g/mol. The molecule has 0 unspecified atom stereocenters. The van der Waals surface area contributed by atoms with Crippen LogP contribution in [0.4, 0.5) is 5.95 Å². The maximum Gasteiger partial charge on any atom is 0.254 e. The summed E-state index contributed by atoms with van der Waals surface area (Å²) in [6.07, 6.45) is 3.92. The molecule has 10 heteroatoms. The van der Waals surface area contributed by atoms with Crippen molar-refractivity contribution < 1.29 is 23.8 Å². The van der Waals surface area contributed by atoms with Crippen molar-refractivity contribution in [1.82, 2.24) is 14.5 Å². The number of benzene rings is 3. The van der Waals surface area contributed by atoms with Gasteiger partial charge in [0.05, 0.1) is 32.7 Å². The van der Waals surface area contributed by atoms with Gasteiger partial charge in [-0.25, -0.2) is 4.98 Å². The first kappa shape index (κ1) is 28.0. The minimum Gasteiger partial charge on any atom is -0.497 e. The fraction of sp³-hybridized carbons (Fsp3) is 0.258. The molecule has 1 saturated carbocycles. The number of nitrogens with one attached hydrogen (secondary N) is 1. The van der Waals surface area contributed by atoms with Crippen LogP contribution in [-0.2, 0) is 4.79 Å². The van der Waals surface area contributed by atoms with Gasteiger partial charge in [-0.05, 0) is 79.4 Å². The molecule has 3 aromatic carbocycles. The highest BCUT2D eigenvalue weighted by molar-refractivity contribution is 6.30. The molecule has 1 N–H and O–H groups in total. The van der Waals surface area contributed by atoms with Crippen molar-refractivity contribution in [3.05, 3.63) is 83.5 Å². The van der Waals surface area contributed by atoms with Crippen molar-refractivity contribution in [2.75, 3.05) is 39.7 Å². The smallest absolute Gasteiger partial charge is 0.254 e. The van der Waals surface area contributed by atoms with Gasteiger partial charge in [-0.2, -0.15) is 0 Å². The minimum atomic E-state index is -0.360. The number of nitrogens with zero attached hydrogens (tertiary/aromatic N) is 3. The van der Waals surface area contributed by atoms with E-state index in [-0.39, 0.29) is 18.4 Å². The summed E-state index contributed by atoms with van der Waals surface area (Å²) in [5.41, 5.74) is 2.67. The number of amides is 2. The molecule has 0 radical (unpaired) electrons. The summed E-state index contributed by atoms with van der Waals surface area (Å²) in [4.78, 5) is 33.1. The van der Waals surface area contributed by atoms with Crippen molar-refractivity contribution in [3.8, 4) is 34.2 Å². The quantitative estimate of drug-likeness (QED) is 0.247. The second kappa shape index (κ2) is 12.3. The van der Waals surface area contributed by atoms with Gasteiger partial charge < -0.3 is 19.1 Å². The Morgan fingerprint density at radius 1 is 0.951 bits per heavy atom. The van der Waals surface area contributed by atoms with Crippen LogP contribution in [0.25, 0.3) is 16.9 Å². The van der Waals surface area contributed by atoms with Crippen LogP contribution in [-0.4, -0.2) is 60.7 Å². The lowest BCUT2D eigenvalue weighted by atomic mass is 10.1. The van der Waals surface area contributed by atoms with Crippen LogP contribution in [0.5, 0.6) is 17.2 Å². The topological polar surface area (TPSA) is 94.9 Å². The van der Waals surface area contributed by atoms with E-state index in [4.69, 9.17) is 30.8 Å². The molecule has 212 valence electrons. The molecule has 1 aliphatic rings. The molecule has 0 spiro atoms. The molecule has 0 saturated heterocycles. The normalized spacial score (nSPS) is 12.5. The lowest BCUT2D eigenvalue weighted by molar-refractivity contribution is -0.117. The van der Waals surface area contributed by atoms with Crippen LogP contribution < -0.4 is 19.5 Å². The molecule has 0 atom stereocenters. The summed E-state index contributed by atoms with van der Waals surface area (Å²) in [6, 6.07) is 19.6. The van der Waals surface area contributed by atoms with Gasteiger partial charge in [-0.1, -0.05) is 11.6 Å². The van der Waals surface area contributed by atoms with Crippen molar-refractivity contribution in [2.45, 2.75) is 12.8 Å². The number of aromatic nitrogens is 2. The molecular formula is C31H31ClN4O5. The highest BCUT2D eigenvalue weighted by Crippen LogP contribution is 2.33. The van der Waals surface area contributed by atoms with Crippen LogP contribution in [0.3, 0.4) is 0 Å². The number of carbonyl (C=O) groups excluding carboxylic acids is 2. The third-order valence-corrected chi connectivity index (χ3v) is 7.13. The molecule has 1 fully saturated rings. The second-order valence-corrected chi connectivity index (χ2v) is 10.2. The van der Waals surface area contributed by atoms with E-state index < -0.39 is 0 Å². The number of halogens is 1. The predicted octanol–water partition coefficient (Wildman–Crippen LogP) is 5.71. The summed E-state index contributed by atoms with van der Waals surface area (Å²) in [6.45, 7) is 0.394. The maximum atomic E-state index is 13.4. The molecule has 5 rings (SSSR count). The Morgan fingerprint density at radius 2 is 1.66 bits per heavy atom. The van der Waals surface area contributed by atoms with Gasteiger partial charge in [-0.15, -0.1) is 0 Å². The van der Waals surface area contributed by atoms with E-state index in [1.807, 2.05) is 36.5 Å². The van der Waals surface area contributed by atoms with Gasteiger partial charge in [0, 0.05) is 35.0 Å². The summed E-state index contributed by atoms with van der Waals surface area (Å²) in [7, 11) is 4.74. The second-order valence-electron chi connectivity index (χ2n) is 9.77. The molecule has 0 aliphatic heterocycles. The van der Waals surface area contributed by atoms with Crippen molar-refractivity contribution in [2.24, 2.45) is 5.92 Å². The highest BCUT2D eigenvalue weighted by atomic mass is 35.5. The number of carbonyl (C=O) groups is 2. The monoisotopic (exact) mass is 574 g/mol. The van der Waals surface area contributed by atoms with Gasteiger partial charge >= 0.3 is 0 Å². The molecule has 1 heterocycles. The van der Waals surface area contributed by atoms with Gasteiger partial charge in [-0.3, -0.25) is 19.5 Å². The molecule has 2 amide bonds. The Balaban J connectivity index is 1.44. The standard InChI is InChI=1S/C31H31ClN4O5/c1-39-25-13-8-21(9-14-25)26-18-36(24-12-15-27(40-2)28(16-24)41-3)31(33-26)34-29(37)19-35(17-20-4-5-20)30(38)22-6-10-23(32)11-7-22/h6-16,18,20H,4-5,17,19H2,1-3H3,(H,33,34,37). The van der Waals surface area contributed by atoms with E-state index in [1.54, 1.807) is 67.2 Å². The van der Waals surface area contributed by atoms with Crippen molar-refractivity contribution in [1.29, 1.82) is 0 Å². The Labute approximate surface area is 243 Å². The average Bonchev–Trinajstić information content (AvgIpc) is 3.73. The van der Waals surface area contributed by atoms with Gasteiger partial charge in [0.2, 0.25) is 11.9 Å². The first-order valence-electron chi connectivity index (χ1n) is 13.2. The van der Waals surface area contributed by atoms with Crippen LogP contribution in [0, 0.1) is 5.92 Å². The zero-order chi connectivity index (χ0) is 28.9. The minimum absolute atomic E-state index is 0.116. The first-order valence-corrected chi connectivity index (χ1v) is 13.6. The summed E-state index contributed by atoms with van der Waals surface area (Å²) < 4.78 is 17.9. The van der Waals surface area contributed by atoms with E-state index >= 15 is 0 Å². The van der Waals surface area contributed by atoms with Crippen LogP contribution >= 0.6 is 11.6 Å². The summed E-state index contributed by atoms with van der Waals surface area (Å²) in [5.74, 6) is 1.96. The van der Waals surface area contributed by atoms with E-state index in [2.05, 4.69) is 5.32 Å². The molecule has 41 heavy (non-hydrogen) atoms. The van der Waals surface area contributed by atoms with Crippen molar-refractivity contribution >= 4 is 29.4 Å². The molecule has 0 bridgehead atoms. The lowest BCUT2D eigenvalue weighted by Crippen LogP contribution is -2.39. The van der Waals surface area contributed by atoms with Crippen LogP contribution in [0.15, 0.2) is 72.9 Å². The number of ether oxygens (including phenoxy) is 3. The largest absolute Gasteiger partial charge is 0.497 e. The number of methoxy groups -OCH3 is 3. The number of hydrogen-bond donors (Lipinski definition) is 1. The number of anilines is 1. The van der Waals surface area contributed by atoms with Crippen LogP contribution in [0.2, 0.25) is 5.02 Å². The van der Waals surface area contributed by atoms with Gasteiger partial charge in [0.1, 0.15) is 12.3 Å². The van der Waals surface area contributed by atoms with E-state index in [0.717, 1.165) is 24.2 Å². The summed E-state index contributed by atoms with van der Waals surface area (Å²) >= 11 is 6.01. The molecule has 9 nitrogen and oxygen atoms in total. The fourth-order valence-corrected chi connectivity index (χ4v) is 4.61. The van der Waals surface area contributed by atoms with E-state index in [0.29, 0.717) is 51.9 Å². The number of imidazole rings is 1. The molecule has 1 aliphatic carbocycles. The molecule has 1 aromatic heterocycles. The number of hydrogen-bond acceptors (Lipinski definition) is 6. The lowest BCUT2D eigenvalue weighted by Gasteiger charge is -2.22. The number of rotatable bonds is 11. The van der Waals surface area contributed by atoms with Gasteiger partial charge in [0.15, 0.2) is 11.5 Å². The zero-order valence-electron chi connectivity index (χ0n) is 23.1. The first-order chi connectivity index (χ1) is 19.9. The SMILES string of the molecule is COc1ccc(-c2cn(-c3ccc(OC)c(OC)c3)c(NC(=O)CN(CC3CC3)C(=O)c3ccc(Cl)cc3)n2)cc1. The Kier molecular flexibility index (Phi) is 8.45.